The minimum atomic E-state index is 0.612. The van der Waals surface area contributed by atoms with E-state index in [2.05, 4.69) is 132 Å². The van der Waals surface area contributed by atoms with Crippen LogP contribution >= 0.6 is 0 Å². The summed E-state index contributed by atoms with van der Waals surface area (Å²) in [7, 11) is 0. The van der Waals surface area contributed by atoms with Crippen molar-refractivity contribution in [1.29, 1.82) is 0 Å². The smallest absolute Gasteiger partial charge is 0.164 e. The maximum absolute atomic E-state index is 5.40. The normalized spacial score (nSPS) is 11.2. The maximum Gasteiger partial charge on any atom is 0.164 e. The molecule has 0 saturated carbocycles. The highest BCUT2D eigenvalue weighted by Gasteiger charge is 2.17. The Balaban J connectivity index is 1.13. The number of pyridine rings is 2. The molecule has 7 aromatic carbocycles. The summed E-state index contributed by atoms with van der Waals surface area (Å²) in [6, 6.07) is 65.0. The van der Waals surface area contributed by atoms with Crippen LogP contribution in [-0.2, 0) is 0 Å². The molecule has 10 rings (SSSR count). The van der Waals surface area contributed by atoms with Crippen LogP contribution in [0.3, 0.4) is 0 Å². The molecule has 56 heavy (non-hydrogen) atoms. The van der Waals surface area contributed by atoms with Gasteiger partial charge >= 0.3 is 0 Å². The van der Waals surface area contributed by atoms with E-state index >= 15 is 0 Å². The lowest BCUT2D eigenvalue weighted by Crippen LogP contribution is -2.00. The third-order valence-corrected chi connectivity index (χ3v) is 10.2. The van der Waals surface area contributed by atoms with Crippen molar-refractivity contribution >= 4 is 21.5 Å². The van der Waals surface area contributed by atoms with Crippen LogP contribution in [0, 0.1) is 0 Å². The first-order valence-electron chi connectivity index (χ1n) is 18.7. The molecule has 0 aliphatic rings. The van der Waals surface area contributed by atoms with Gasteiger partial charge in [0.15, 0.2) is 17.5 Å². The van der Waals surface area contributed by atoms with E-state index in [-0.39, 0.29) is 0 Å². The van der Waals surface area contributed by atoms with E-state index in [0.29, 0.717) is 17.5 Å². The molecule has 0 aliphatic carbocycles. The number of nitrogens with zero attached hydrogens (tertiary/aromatic N) is 5. The van der Waals surface area contributed by atoms with Gasteiger partial charge in [0.1, 0.15) is 0 Å². The first-order valence-corrected chi connectivity index (χ1v) is 18.7. The Kier molecular flexibility index (Phi) is 8.43. The summed E-state index contributed by atoms with van der Waals surface area (Å²) in [5.74, 6) is 1.87. The lowest BCUT2D eigenvalue weighted by atomic mass is 9.92. The van der Waals surface area contributed by atoms with Crippen LogP contribution in [-0.4, -0.2) is 24.9 Å². The van der Waals surface area contributed by atoms with Gasteiger partial charge in [-0.2, -0.15) is 0 Å². The SMILES string of the molecule is c1ccc(-c2nc(-c3ccccc3)nc(-c3cccc(-c4ccccc4-c4cc(-c5cccc6cnccc56)cc(-c5ccc6ccccc6c5)n4)c3)n2)cc1. The van der Waals surface area contributed by atoms with E-state index in [9.17, 15) is 0 Å². The molecular weight excluding hydrogens is 683 g/mol. The molecule has 262 valence electrons. The van der Waals surface area contributed by atoms with Crippen LogP contribution in [0.25, 0.3) is 100 Å². The van der Waals surface area contributed by atoms with Gasteiger partial charge < -0.3 is 0 Å². The van der Waals surface area contributed by atoms with Crippen LogP contribution in [0.2, 0.25) is 0 Å². The van der Waals surface area contributed by atoms with Crippen LogP contribution < -0.4 is 0 Å². The summed E-state index contributed by atoms with van der Waals surface area (Å²) in [6.07, 6.45) is 3.78. The van der Waals surface area contributed by atoms with E-state index in [1.54, 1.807) is 0 Å². The summed E-state index contributed by atoms with van der Waals surface area (Å²) < 4.78 is 0. The third-order valence-electron chi connectivity index (χ3n) is 10.2. The largest absolute Gasteiger partial charge is 0.264 e. The number of rotatable bonds is 7. The van der Waals surface area contributed by atoms with Crippen molar-refractivity contribution in [3.05, 3.63) is 200 Å². The second-order valence-corrected chi connectivity index (χ2v) is 13.8. The molecule has 0 N–H and O–H groups in total. The average molecular weight is 716 g/mol. The van der Waals surface area contributed by atoms with Crippen molar-refractivity contribution in [3.8, 4) is 78.9 Å². The molecular formula is C51H33N5. The predicted octanol–water partition coefficient (Wildman–Crippen LogP) is 12.6. The summed E-state index contributed by atoms with van der Waals surface area (Å²) in [6.45, 7) is 0. The van der Waals surface area contributed by atoms with Crippen molar-refractivity contribution in [2.24, 2.45) is 0 Å². The Hall–Kier alpha value is -7.63. The minimum Gasteiger partial charge on any atom is -0.264 e. The number of hydrogen-bond donors (Lipinski definition) is 0. The number of benzene rings is 7. The zero-order valence-corrected chi connectivity index (χ0v) is 30.3. The highest BCUT2D eigenvalue weighted by atomic mass is 15.0. The number of aromatic nitrogens is 5. The number of hydrogen-bond acceptors (Lipinski definition) is 5. The van der Waals surface area contributed by atoms with Gasteiger partial charge in [-0.05, 0) is 68.7 Å². The van der Waals surface area contributed by atoms with Gasteiger partial charge in [0.2, 0.25) is 0 Å². The maximum atomic E-state index is 5.40. The molecule has 0 bridgehead atoms. The molecule has 3 aromatic heterocycles. The van der Waals surface area contributed by atoms with Gasteiger partial charge in [-0.1, -0.05) is 158 Å². The van der Waals surface area contributed by atoms with E-state index in [1.165, 1.54) is 10.8 Å². The summed E-state index contributed by atoms with van der Waals surface area (Å²) in [5.41, 5.74) is 11.0. The van der Waals surface area contributed by atoms with Crippen molar-refractivity contribution in [2.75, 3.05) is 0 Å². The van der Waals surface area contributed by atoms with Crippen molar-refractivity contribution < 1.29 is 0 Å². The van der Waals surface area contributed by atoms with E-state index in [1.807, 2.05) is 73.1 Å². The quantitative estimate of drug-likeness (QED) is 0.164. The summed E-state index contributed by atoms with van der Waals surface area (Å²) in [5, 5.41) is 4.62. The Morgan fingerprint density at radius 2 is 0.857 bits per heavy atom. The Morgan fingerprint density at radius 3 is 1.62 bits per heavy atom. The Morgan fingerprint density at radius 1 is 0.286 bits per heavy atom. The van der Waals surface area contributed by atoms with Crippen LogP contribution in [0.1, 0.15) is 0 Å². The summed E-state index contributed by atoms with van der Waals surface area (Å²) in [4.78, 5) is 24.7. The molecule has 0 unspecified atom stereocenters. The standard InChI is InChI=1S/C51H33N5/c1-3-14-35(15-4-1)49-54-50(36-16-5-2-6-17-36)56-51(55-49)40-20-11-19-38(30-40)43-22-9-10-23-46(43)48-32-42(44-24-12-21-41-33-52-28-27-45(41)44)31-47(53-48)39-26-25-34-13-7-8-18-37(34)29-39/h1-33H. The van der Waals surface area contributed by atoms with Crippen LogP contribution in [0.15, 0.2) is 200 Å². The molecule has 0 spiro atoms. The minimum absolute atomic E-state index is 0.612. The van der Waals surface area contributed by atoms with Gasteiger partial charge in [0.25, 0.3) is 0 Å². The first-order chi connectivity index (χ1) is 27.7. The van der Waals surface area contributed by atoms with Crippen molar-refractivity contribution in [3.63, 3.8) is 0 Å². The lowest BCUT2D eigenvalue weighted by molar-refractivity contribution is 1.07. The van der Waals surface area contributed by atoms with E-state index < -0.39 is 0 Å². The molecule has 5 heteroatoms. The molecule has 0 aliphatic heterocycles. The lowest BCUT2D eigenvalue weighted by Gasteiger charge is -2.15. The fourth-order valence-electron chi connectivity index (χ4n) is 7.42. The fourth-order valence-corrected chi connectivity index (χ4v) is 7.42. The van der Waals surface area contributed by atoms with Crippen LogP contribution in [0.4, 0.5) is 0 Å². The van der Waals surface area contributed by atoms with Gasteiger partial charge in [-0.25, -0.2) is 19.9 Å². The molecule has 0 fully saturated rings. The molecule has 0 saturated heterocycles. The second-order valence-electron chi connectivity index (χ2n) is 13.8. The van der Waals surface area contributed by atoms with E-state index in [4.69, 9.17) is 19.9 Å². The Labute approximate surface area is 324 Å². The van der Waals surface area contributed by atoms with Gasteiger partial charge in [-0.15, -0.1) is 0 Å². The van der Waals surface area contributed by atoms with Gasteiger partial charge in [0.05, 0.1) is 11.4 Å². The zero-order valence-electron chi connectivity index (χ0n) is 30.3. The first kappa shape index (κ1) is 33.0. The molecule has 5 nitrogen and oxygen atoms in total. The summed E-state index contributed by atoms with van der Waals surface area (Å²) >= 11 is 0. The molecule has 0 radical (unpaired) electrons. The highest BCUT2D eigenvalue weighted by molar-refractivity contribution is 5.98. The topological polar surface area (TPSA) is 64.5 Å². The molecule has 10 aromatic rings. The molecule has 3 heterocycles. The third kappa shape index (κ3) is 6.37. The average Bonchev–Trinajstić information content (AvgIpc) is 3.29. The zero-order chi connectivity index (χ0) is 37.3. The highest BCUT2D eigenvalue weighted by Crippen LogP contribution is 2.38. The van der Waals surface area contributed by atoms with Crippen LogP contribution in [0.5, 0.6) is 0 Å². The van der Waals surface area contributed by atoms with Gasteiger partial charge in [0, 0.05) is 45.6 Å². The Bertz CT molecular complexity index is 2970. The predicted molar refractivity (Wildman–Crippen MR) is 228 cm³/mol. The van der Waals surface area contributed by atoms with Crippen molar-refractivity contribution in [2.45, 2.75) is 0 Å². The van der Waals surface area contributed by atoms with E-state index in [0.717, 1.165) is 72.2 Å². The number of fused-ring (bicyclic) bond motifs is 2. The molecule has 0 atom stereocenters. The molecule has 0 amide bonds. The second kappa shape index (κ2) is 14.3. The van der Waals surface area contributed by atoms with Crippen molar-refractivity contribution in [1.82, 2.24) is 24.9 Å². The fraction of sp³-hybridized carbons (Fsp3) is 0. The monoisotopic (exact) mass is 715 g/mol. The van der Waals surface area contributed by atoms with Gasteiger partial charge in [-0.3, -0.25) is 4.98 Å².